The van der Waals surface area contributed by atoms with Gasteiger partial charge in [0.05, 0.1) is 17.1 Å². The van der Waals surface area contributed by atoms with E-state index in [0.717, 1.165) is 48.3 Å². The Labute approximate surface area is 159 Å². The first-order valence-corrected chi connectivity index (χ1v) is 9.60. The van der Waals surface area contributed by atoms with E-state index in [1.807, 2.05) is 35.0 Å². The van der Waals surface area contributed by atoms with Crippen molar-refractivity contribution < 1.29 is 4.39 Å². The zero-order chi connectivity index (χ0) is 18.5. The second kappa shape index (κ2) is 8.50. The van der Waals surface area contributed by atoms with Crippen LogP contribution in [0.4, 0.5) is 4.39 Å². The maximum Gasteiger partial charge on any atom is 0.123 e. The van der Waals surface area contributed by atoms with Crippen LogP contribution in [-0.4, -0.2) is 9.78 Å². The van der Waals surface area contributed by atoms with Crippen LogP contribution in [-0.2, 0) is 6.42 Å². The highest BCUT2D eigenvalue weighted by atomic mass is 35.5. The third kappa shape index (κ3) is 4.16. The van der Waals surface area contributed by atoms with E-state index in [1.54, 1.807) is 12.1 Å². The lowest BCUT2D eigenvalue weighted by Gasteiger charge is -2.18. The van der Waals surface area contributed by atoms with E-state index in [4.69, 9.17) is 16.7 Å². The summed E-state index contributed by atoms with van der Waals surface area (Å²) in [5, 5.41) is 5.52. The fourth-order valence-electron chi connectivity index (χ4n) is 3.33. The number of aromatic nitrogens is 2. The van der Waals surface area contributed by atoms with Gasteiger partial charge in [-0.05, 0) is 61.2 Å². The second-order valence-corrected chi connectivity index (χ2v) is 7.01. The third-order valence-electron chi connectivity index (χ3n) is 4.64. The Hall–Kier alpha value is -2.13. The molecule has 0 amide bonds. The van der Waals surface area contributed by atoms with Gasteiger partial charge in [-0.25, -0.2) is 9.07 Å². The molecular weight excluding hydrogens is 347 g/mol. The quantitative estimate of drug-likeness (QED) is 0.461. The number of rotatable bonds is 7. The number of unbranched alkanes of at least 4 members (excludes halogenated alkanes) is 1. The predicted octanol–water partition coefficient (Wildman–Crippen LogP) is 6.55. The molecule has 0 fully saturated rings. The number of halogens is 2. The molecule has 26 heavy (non-hydrogen) atoms. The summed E-state index contributed by atoms with van der Waals surface area (Å²) in [7, 11) is 0. The first-order chi connectivity index (χ1) is 12.6. The maximum atomic E-state index is 13.8. The molecule has 3 rings (SSSR count). The molecule has 0 aliphatic heterocycles. The Kier molecular flexibility index (Phi) is 6.10. The molecule has 0 N–H and O–H groups in total. The lowest BCUT2D eigenvalue weighted by molar-refractivity contribution is 0.619. The van der Waals surface area contributed by atoms with Crippen LogP contribution in [0.25, 0.3) is 5.69 Å². The summed E-state index contributed by atoms with van der Waals surface area (Å²) in [6, 6.07) is 16.7. The largest absolute Gasteiger partial charge is 0.237 e. The number of aryl methyl sites for hydroxylation is 1. The molecule has 2 nitrogen and oxygen atoms in total. The van der Waals surface area contributed by atoms with Crippen LogP contribution < -0.4 is 0 Å². The number of benzene rings is 2. The third-order valence-corrected chi connectivity index (χ3v) is 4.88. The molecule has 0 spiro atoms. The van der Waals surface area contributed by atoms with Crippen molar-refractivity contribution in [2.24, 2.45) is 0 Å². The zero-order valence-electron chi connectivity index (χ0n) is 15.3. The first-order valence-electron chi connectivity index (χ1n) is 9.22. The molecule has 0 bridgehead atoms. The molecule has 3 aromatic rings. The van der Waals surface area contributed by atoms with E-state index in [9.17, 15) is 4.39 Å². The standard InChI is InChI=1S/C22H24ClFN2/c1-3-5-11-19-15-22(21(4-2)16-8-6-10-18(24)13-16)26(25-19)20-12-7-9-17(23)14-20/h6-10,12-15,21H,3-5,11H2,1-2H3. The highest BCUT2D eigenvalue weighted by Crippen LogP contribution is 2.31. The smallest absolute Gasteiger partial charge is 0.123 e. The van der Waals surface area contributed by atoms with Crippen molar-refractivity contribution in [1.82, 2.24) is 9.78 Å². The molecule has 0 aliphatic carbocycles. The minimum atomic E-state index is -0.207. The average Bonchev–Trinajstić information content (AvgIpc) is 3.05. The SMILES string of the molecule is CCCCc1cc(C(CC)c2cccc(F)c2)n(-c2cccc(Cl)c2)n1. The molecule has 2 aromatic carbocycles. The highest BCUT2D eigenvalue weighted by molar-refractivity contribution is 6.30. The van der Waals surface area contributed by atoms with Gasteiger partial charge >= 0.3 is 0 Å². The van der Waals surface area contributed by atoms with Crippen LogP contribution in [0.15, 0.2) is 54.6 Å². The minimum Gasteiger partial charge on any atom is -0.237 e. The molecule has 1 unspecified atom stereocenters. The van der Waals surface area contributed by atoms with Gasteiger partial charge in [-0.3, -0.25) is 0 Å². The van der Waals surface area contributed by atoms with Crippen LogP contribution in [0.5, 0.6) is 0 Å². The van der Waals surface area contributed by atoms with Crippen LogP contribution in [0.1, 0.15) is 56.0 Å². The molecule has 4 heteroatoms. The summed E-state index contributed by atoms with van der Waals surface area (Å²) < 4.78 is 15.8. The van der Waals surface area contributed by atoms with Crippen molar-refractivity contribution >= 4 is 11.6 Å². The molecule has 0 saturated heterocycles. The second-order valence-electron chi connectivity index (χ2n) is 6.57. The predicted molar refractivity (Wildman–Crippen MR) is 106 cm³/mol. The van der Waals surface area contributed by atoms with E-state index in [2.05, 4.69) is 19.9 Å². The Bertz CT molecular complexity index is 872. The summed E-state index contributed by atoms with van der Waals surface area (Å²) >= 11 is 6.20. The van der Waals surface area contributed by atoms with E-state index in [0.29, 0.717) is 5.02 Å². The number of hydrogen-bond acceptors (Lipinski definition) is 1. The summed E-state index contributed by atoms with van der Waals surface area (Å²) in [6.45, 7) is 4.30. The van der Waals surface area contributed by atoms with E-state index in [1.165, 1.54) is 6.07 Å². The molecule has 0 aliphatic rings. The summed E-state index contributed by atoms with van der Waals surface area (Å²) in [4.78, 5) is 0. The van der Waals surface area contributed by atoms with Crippen LogP contribution in [0.3, 0.4) is 0 Å². The lowest BCUT2D eigenvalue weighted by atomic mass is 9.92. The van der Waals surface area contributed by atoms with Gasteiger partial charge in [0.2, 0.25) is 0 Å². The molecule has 1 heterocycles. The van der Waals surface area contributed by atoms with Crippen molar-refractivity contribution in [1.29, 1.82) is 0 Å². The Balaban J connectivity index is 2.09. The maximum absolute atomic E-state index is 13.8. The number of nitrogens with zero attached hydrogens (tertiary/aromatic N) is 2. The lowest BCUT2D eigenvalue weighted by Crippen LogP contribution is -2.09. The molecular formula is C22H24ClFN2. The Morgan fingerprint density at radius 2 is 1.88 bits per heavy atom. The van der Waals surface area contributed by atoms with Crippen molar-refractivity contribution in [2.75, 3.05) is 0 Å². The summed E-state index contributed by atoms with van der Waals surface area (Å²) in [6.07, 6.45) is 4.03. The summed E-state index contributed by atoms with van der Waals surface area (Å²) in [5.74, 6) is -0.131. The van der Waals surface area contributed by atoms with Gasteiger partial charge in [-0.15, -0.1) is 0 Å². The van der Waals surface area contributed by atoms with Crippen molar-refractivity contribution in [2.45, 2.75) is 45.4 Å². The van der Waals surface area contributed by atoms with Gasteiger partial charge in [0.15, 0.2) is 0 Å². The summed E-state index contributed by atoms with van der Waals surface area (Å²) in [5.41, 5.74) is 4.05. The van der Waals surface area contributed by atoms with Crippen molar-refractivity contribution in [3.05, 3.63) is 82.4 Å². The zero-order valence-corrected chi connectivity index (χ0v) is 16.0. The topological polar surface area (TPSA) is 17.8 Å². The van der Waals surface area contributed by atoms with Gasteiger partial charge in [0.1, 0.15) is 5.82 Å². The minimum absolute atomic E-state index is 0.0764. The molecule has 136 valence electrons. The van der Waals surface area contributed by atoms with Crippen molar-refractivity contribution in [3.8, 4) is 5.69 Å². The van der Waals surface area contributed by atoms with Gasteiger partial charge in [-0.1, -0.05) is 50.1 Å². The fourth-order valence-corrected chi connectivity index (χ4v) is 3.51. The van der Waals surface area contributed by atoms with Gasteiger partial charge in [-0.2, -0.15) is 5.10 Å². The fraction of sp³-hybridized carbons (Fsp3) is 0.318. The highest BCUT2D eigenvalue weighted by Gasteiger charge is 2.20. The molecule has 1 atom stereocenters. The molecule has 0 saturated carbocycles. The van der Waals surface area contributed by atoms with E-state index in [-0.39, 0.29) is 11.7 Å². The van der Waals surface area contributed by atoms with Crippen molar-refractivity contribution in [3.63, 3.8) is 0 Å². The number of hydrogen-bond donors (Lipinski definition) is 0. The van der Waals surface area contributed by atoms with E-state index < -0.39 is 0 Å². The molecule has 1 aromatic heterocycles. The average molecular weight is 371 g/mol. The first kappa shape index (κ1) is 18.7. The Morgan fingerprint density at radius 3 is 2.58 bits per heavy atom. The monoisotopic (exact) mass is 370 g/mol. The Morgan fingerprint density at radius 1 is 1.08 bits per heavy atom. The van der Waals surface area contributed by atoms with Gasteiger partial charge in [0, 0.05) is 10.9 Å². The van der Waals surface area contributed by atoms with E-state index >= 15 is 0 Å². The normalized spacial score (nSPS) is 12.3. The van der Waals surface area contributed by atoms with Gasteiger partial charge < -0.3 is 0 Å². The van der Waals surface area contributed by atoms with Crippen LogP contribution in [0, 0.1) is 5.82 Å². The van der Waals surface area contributed by atoms with Crippen LogP contribution >= 0.6 is 11.6 Å². The van der Waals surface area contributed by atoms with Crippen LogP contribution in [0.2, 0.25) is 5.02 Å². The van der Waals surface area contributed by atoms with Gasteiger partial charge in [0.25, 0.3) is 0 Å². The molecule has 0 radical (unpaired) electrons.